The van der Waals surface area contributed by atoms with E-state index in [4.69, 9.17) is 4.74 Å². The number of carbonyl (C=O) groups is 1. The van der Waals surface area contributed by atoms with Gasteiger partial charge >= 0.3 is 12.1 Å². The number of fused-ring (bicyclic) bond motifs is 7. The minimum absolute atomic E-state index is 0.0978. The molecule has 4 saturated carbocycles. The summed E-state index contributed by atoms with van der Waals surface area (Å²) in [6.07, 6.45) is 14.6. The van der Waals surface area contributed by atoms with Gasteiger partial charge in [-0.2, -0.15) is 13.2 Å². The van der Waals surface area contributed by atoms with Gasteiger partial charge in [-0.3, -0.25) is 4.79 Å². The predicted octanol–water partition coefficient (Wildman–Crippen LogP) is 10.7. The van der Waals surface area contributed by atoms with Crippen molar-refractivity contribution in [3.8, 4) is 5.88 Å². The second kappa shape index (κ2) is 16.6. The standard InChI is InChI=1S/C51H74F3N3O5S/c1-34(2)33-36-14-21-50(56-26-27-57-28-31-63(60,61)32-29-57)23-22-47(6)38(42(36)50)10-11-41-46(5)17-15-37(45(3,4)40(46)16-18-48(41,47)7)35-12-19-49(20-13-35,44(58)59)24-30-62-43-39(51(52,53)54)9-8-25-55-43/h8-9,12,15,25,36,38,40-42,56H,1,10-11,13-14,16-24,26-33H2,2-7H3,(H,58,59)/t36-,38+,40-,41+,42+,46-,47+,48+,49?,50-/m0/s1. The van der Waals surface area contributed by atoms with E-state index in [1.807, 2.05) is 0 Å². The SMILES string of the molecule is C=C(C)C[C@@H]1CC[C@]2(NCCN3CCS(=O)(=O)CC3)CC[C@]3(C)[C@H](CC[C@@H]4[C@@]5(C)CC=C(C6=CCC(CCOc7ncccc7C(F)(F)F)(C(=O)O)CC6)C(C)(C)[C@@H]5CC[C@]43C)[C@@H]12. The van der Waals surface area contributed by atoms with Crippen LogP contribution in [-0.4, -0.2) is 79.2 Å². The van der Waals surface area contributed by atoms with E-state index in [-0.39, 0.29) is 51.7 Å². The largest absolute Gasteiger partial charge is 0.481 e. The van der Waals surface area contributed by atoms with Gasteiger partial charge in [0.1, 0.15) is 5.56 Å². The molecule has 6 aliphatic carbocycles. The van der Waals surface area contributed by atoms with Crippen LogP contribution in [0, 0.1) is 56.7 Å². The molecule has 2 N–H and O–H groups in total. The van der Waals surface area contributed by atoms with E-state index in [1.54, 1.807) is 0 Å². The van der Waals surface area contributed by atoms with E-state index in [0.29, 0.717) is 61.9 Å². The summed E-state index contributed by atoms with van der Waals surface area (Å²) in [5.74, 6) is 2.04. The third-order valence-corrected chi connectivity index (χ3v) is 21.0. The topological polar surface area (TPSA) is 109 Å². The Hall–Kier alpha value is -2.70. The third-order valence-electron chi connectivity index (χ3n) is 19.4. The molecule has 0 aromatic carbocycles. The van der Waals surface area contributed by atoms with E-state index in [2.05, 4.69) is 75.5 Å². The Morgan fingerprint density at radius 3 is 2.38 bits per heavy atom. The third kappa shape index (κ3) is 8.07. The Balaban J connectivity index is 0.988. The maximum Gasteiger partial charge on any atom is 0.421 e. The van der Waals surface area contributed by atoms with Crippen molar-refractivity contribution in [2.24, 2.45) is 56.7 Å². The molecule has 8 nitrogen and oxygen atoms in total. The molecule has 0 amide bonds. The van der Waals surface area contributed by atoms with Crippen LogP contribution in [0.15, 0.2) is 53.8 Å². The normalized spacial score (nSPS) is 39.7. The van der Waals surface area contributed by atoms with Crippen molar-refractivity contribution in [3.63, 3.8) is 0 Å². The van der Waals surface area contributed by atoms with Gasteiger partial charge < -0.3 is 20.1 Å². The first-order valence-corrected chi connectivity index (χ1v) is 25.9. The second-order valence-corrected chi connectivity index (χ2v) is 25.0. The molecule has 0 spiro atoms. The van der Waals surface area contributed by atoms with Crippen molar-refractivity contribution in [2.45, 2.75) is 143 Å². The first-order chi connectivity index (χ1) is 29.5. The molecule has 2 heterocycles. The van der Waals surface area contributed by atoms with Crippen LogP contribution in [0.25, 0.3) is 0 Å². The summed E-state index contributed by atoms with van der Waals surface area (Å²) in [4.78, 5) is 19.0. The van der Waals surface area contributed by atoms with Crippen LogP contribution >= 0.6 is 0 Å². The molecule has 1 unspecified atom stereocenters. The van der Waals surface area contributed by atoms with Gasteiger partial charge in [0.15, 0.2) is 9.84 Å². The van der Waals surface area contributed by atoms with Gasteiger partial charge in [-0.05, 0) is 171 Å². The number of hydrogen-bond donors (Lipinski definition) is 2. The Kier molecular flexibility index (Phi) is 12.3. The van der Waals surface area contributed by atoms with Gasteiger partial charge in [-0.25, -0.2) is 13.4 Å². The molecule has 350 valence electrons. The van der Waals surface area contributed by atoms with Gasteiger partial charge in [-0.1, -0.05) is 52.3 Å². The average Bonchev–Trinajstić information content (AvgIpc) is 3.56. The zero-order chi connectivity index (χ0) is 45.4. The highest BCUT2D eigenvalue weighted by molar-refractivity contribution is 7.91. The lowest BCUT2D eigenvalue weighted by Gasteiger charge is -2.72. The van der Waals surface area contributed by atoms with Crippen molar-refractivity contribution < 1.29 is 36.2 Å². The number of ether oxygens (including phenoxy) is 1. The maximum absolute atomic E-state index is 13.6. The van der Waals surface area contributed by atoms with Gasteiger partial charge in [0, 0.05) is 37.9 Å². The van der Waals surface area contributed by atoms with E-state index < -0.39 is 38.8 Å². The highest BCUT2D eigenvalue weighted by atomic mass is 32.2. The molecular formula is C51H74F3N3O5S. The molecule has 12 heteroatoms. The minimum atomic E-state index is -4.61. The van der Waals surface area contributed by atoms with Crippen LogP contribution in [-0.2, 0) is 20.8 Å². The smallest absolute Gasteiger partial charge is 0.421 e. The monoisotopic (exact) mass is 898 g/mol. The summed E-state index contributed by atoms with van der Waals surface area (Å²) in [5, 5.41) is 14.7. The quantitative estimate of drug-likeness (QED) is 0.200. The van der Waals surface area contributed by atoms with Gasteiger partial charge in [0.2, 0.25) is 5.88 Å². The molecule has 63 heavy (non-hydrogen) atoms. The molecule has 1 aromatic rings. The van der Waals surface area contributed by atoms with Gasteiger partial charge in [-0.15, -0.1) is 6.58 Å². The molecule has 0 bridgehead atoms. The number of nitrogens with zero attached hydrogens (tertiary/aromatic N) is 2. The van der Waals surface area contributed by atoms with E-state index >= 15 is 0 Å². The van der Waals surface area contributed by atoms with Crippen LogP contribution in [0.1, 0.15) is 137 Å². The number of hydrogen-bond acceptors (Lipinski definition) is 7. The van der Waals surface area contributed by atoms with E-state index in [0.717, 1.165) is 32.0 Å². The molecule has 8 rings (SSSR count). The van der Waals surface area contributed by atoms with Gasteiger partial charge in [0.05, 0.1) is 23.5 Å². The number of carboxylic acid groups (broad SMARTS) is 1. The number of nitrogens with one attached hydrogen (secondary N) is 1. The number of carboxylic acids is 1. The molecule has 7 aliphatic rings. The summed E-state index contributed by atoms with van der Waals surface area (Å²) >= 11 is 0. The lowest BCUT2D eigenvalue weighted by molar-refractivity contribution is -0.222. The second-order valence-electron chi connectivity index (χ2n) is 22.7. The summed E-state index contributed by atoms with van der Waals surface area (Å²) in [6.45, 7) is 22.4. The Morgan fingerprint density at radius 1 is 0.968 bits per heavy atom. The van der Waals surface area contributed by atoms with Crippen molar-refractivity contribution in [3.05, 3.63) is 59.3 Å². The van der Waals surface area contributed by atoms with Crippen LogP contribution in [0.4, 0.5) is 13.2 Å². The highest BCUT2D eigenvalue weighted by Gasteiger charge is 2.70. The number of aromatic nitrogens is 1. The fraction of sp³-hybridized carbons (Fsp3) is 0.765. The lowest BCUT2D eigenvalue weighted by Crippen LogP contribution is -2.68. The van der Waals surface area contributed by atoms with Crippen molar-refractivity contribution in [1.82, 2.24) is 15.2 Å². The summed E-state index contributed by atoms with van der Waals surface area (Å²) in [5.41, 5.74) is 2.39. The predicted molar refractivity (Wildman–Crippen MR) is 242 cm³/mol. The zero-order valence-corrected chi connectivity index (χ0v) is 39.7. The van der Waals surface area contributed by atoms with Crippen LogP contribution < -0.4 is 10.1 Å². The Bertz CT molecular complexity index is 2110. The minimum Gasteiger partial charge on any atom is -0.481 e. The lowest BCUT2D eigenvalue weighted by atomic mass is 9.33. The molecule has 1 saturated heterocycles. The van der Waals surface area contributed by atoms with E-state index in [9.17, 15) is 31.5 Å². The average molecular weight is 898 g/mol. The Morgan fingerprint density at radius 2 is 1.71 bits per heavy atom. The Labute approximate surface area is 375 Å². The summed E-state index contributed by atoms with van der Waals surface area (Å²) in [6, 6.07) is 2.15. The molecular weight excluding hydrogens is 824 g/mol. The van der Waals surface area contributed by atoms with Crippen LogP contribution in [0.3, 0.4) is 0 Å². The van der Waals surface area contributed by atoms with Gasteiger partial charge in [0.25, 0.3) is 0 Å². The fourth-order valence-electron chi connectivity index (χ4n) is 16.0. The number of halogens is 3. The number of rotatable bonds is 12. The number of pyridine rings is 1. The first kappa shape index (κ1) is 46.8. The molecule has 10 atom stereocenters. The zero-order valence-electron chi connectivity index (χ0n) is 38.8. The molecule has 5 fully saturated rings. The highest BCUT2D eigenvalue weighted by Crippen LogP contribution is 2.76. The summed E-state index contributed by atoms with van der Waals surface area (Å²) in [7, 11) is -2.90. The molecule has 1 aliphatic heterocycles. The molecule has 0 radical (unpaired) electrons. The molecule has 1 aromatic heterocycles. The summed E-state index contributed by atoms with van der Waals surface area (Å²) < 4.78 is 70.5. The van der Waals surface area contributed by atoms with Crippen molar-refractivity contribution in [2.75, 3.05) is 44.3 Å². The number of aliphatic carboxylic acids is 1. The van der Waals surface area contributed by atoms with Crippen molar-refractivity contribution in [1.29, 1.82) is 0 Å². The number of allylic oxidation sites excluding steroid dienone is 5. The van der Waals surface area contributed by atoms with E-state index in [1.165, 1.54) is 80.3 Å². The maximum atomic E-state index is 13.6. The van der Waals surface area contributed by atoms with Crippen molar-refractivity contribution >= 4 is 15.8 Å². The van der Waals surface area contributed by atoms with Crippen LogP contribution in [0.2, 0.25) is 0 Å². The number of sulfone groups is 1. The fourth-order valence-corrected chi connectivity index (χ4v) is 17.3. The first-order valence-electron chi connectivity index (χ1n) is 24.1. The van der Waals surface area contributed by atoms with Crippen LogP contribution in [0.5, 0.6) is 5.88 Å². The number of alkyl halides is 3.